The van der Waals surface area contributed by atoms with Crippen LogP contribution in [0.3, 0.4) is 0 Å². The zero-order valence-corrected chi connectivity index (χ0v) is 13.0. The summed E-state index contributed by atoms with van der Waals surface area (Å²) in [5.41, 5.74) is 8.09. The van der Waals surface area contributed by atoms with Crippen LogP contribution in [-0.2, 0) is 16.0 Å². The highest BCUT2D eigenvalue weighted by Crippen LogP contribution is 2.22. The maximum atomic E-state index is 11.8. The smallest absolute Gasteiger partial charge is 0.309 e. The Labute approximate surface area is 127 Å². The molecule has 0 amide bonds. The van der Waals surface area contributed by atoms with Crippen LogP contribution in [0, 0.1) is 5.92 Å². The number of likely N-dealkylation sites (tertiary alicyclic amines) is 1. The molecule has 21 heavy (non-hydrogen) atoms. The van der Waals surface area contributed by atoms with Crippen LogP contribution in [0.25, 0.3) is 0 Å². The maximum Gasteiger partial charge on any atom is 0.309 e. The van der Waals surface area contributed by atoms with Gasteiger partial charge in [0.05, 0.1) is 12.5 Å². The van der Waals surface area contributed by atoms with Crippen molar-refractivity contribution in [2.45, 2.75) is 39.2 Å². The highest BCUT2D eigenvalue weighted by Gasteiger charge is 2.28. The average Bonchev–Trinajstić information content (AvgIpc) is 2.50. The van der Waals surface area contributed by atoms with Gasteiger partial charge in [-0.25, -0.2) is 0 Å². The number of anilines is 1. The predicted molar refractivity (Wildman–Crippen MR) is 85.0 cm³/mol. The second-order valence-corrected chi connectivity index (χ2v) is 5.81. The van der Waals surface area contributed by atoms with E-state index in [1.165, 1.54) is 5.56 Å². The molecule has 1 aliphatic heterocycles. The molecule has 0 aromatic heterocycles. The minimum absolute atomic E-state index is 0.0305. The van der Waals surface area contributed by atoms with E-state index in [4.69, 9.17) is 10.5 Å². The number of hydrogen-bond donors (Lipinski definition) is 1. The fraction of sp³-hybridized carbons (Fsp3) is 0.588. The molecule has 1 aromatic carbocycles. The van der Waals surface area contributed by atoms with Crippen LogP contribution in [0.15, 0.2) is 24.3 Å². The lowest BCUT2D eigenvalue weighted by Gasteiger charge is -2.35. The van der Waals surface area contributed by atoms with E-state index >= 15 is 0 Å². The molecule has 1 aromatic rings. The number of nitrogens with two attached hydrogens (primary N) is 1. The Morgan fingerprint density at radius 1 is 1.38 bits per heavy atom. The molecule has 2 N–H and O–H groups in total. The van der Waals surface area contributed by atoms with Crippen molar-refractivity contribution in [3.8, 4) is 0 Å². The topological polar surface area (TPSA) is 55.6 Å². The molecule has 0 radical (unpaired) electrons. The van der Waals surface area contributed by atoms with Crippen molar-refractivity contribution in [1.29, 1.82) is 0 Å². The molecule has 1 fully saturated rings. The van der Waals surface area contributed by atoms with Crippen molar-refractivity contribution in [3.63, 3.8) is 0 Å². The third-order valence-electron chi connectivity index (χ3n) is 4.34. The summed E-state index contributed by atoms with van der Waals surface area (Å²) in [6.07, 6.45) is 2.75. The van der Waals surface area contributed by atoms with E-state index in [9.17, 15) is 4.79 Å². The van der Waals surface area contributed by atoms with Crippen molar-refractivity contribution in [2.75, 3.05) is 25.4 Å². The molecule has 0 spiro atoms. The molecule has 1 atom stereocenters. The van der Waals surface area contributed by atoms with Gasteiger partial charge in [-0.2, -0.15) is 0 Å². The molecule has 0 saturated carbocycles. The van der Waals surface area contributed by atoms with E-state index in [1.54, 1.807) is 0 Å². The largest absolute Gasteiger partial charge is 0.466 e. The van der Waals surface area contributed by atoms with Gasteiger partial charge in [0.15, 0.2) is 0 Å². The summed E-state index contributed by atoms with van der Waals surface area (Å²) >= 11 is 0. The Bertz CT molecular complexity index is 468. The van der Waals surface area contributed by atoms with Crippen molar-refractivity contribution >= 4 is 11.7 Å². The van der Waals surface area contributed by atoms with Crippen molar-refractivity contribution in [1.82, 2.24) is 4.90 Å². The number of nitrogen functional groups attached to an aromatic ring is 1. The van der Waals surface area contributed by atoms with Crippen LogP contribution in [0.2, 0.25) is 0 Å². The van der Waals surface area contributed by atoms with Gasteiger partial charge in [-0.15, -0.1) is 0 Å². The number of esters is 1. The van der Waals surface area contributed by atoms with Gasteiger partial charge in [-0.3, -0.25) is 4.79 Å². The van der Waals surface area contributed by atoms with Crippen molar-refractivity contribution in [2.24, 2.45) is 5.92 Å². The van der Waals surface area contributed by atoms with Crippen LogP contribution < -0.4 is 5.73 Å². The minimum Gasteiger partial charge on any atom is -0.466 e. The van der Waals surface area contributed by atoms with Gasteiger partial charge in [0.25, 0.3) is 0 Å². The Morgan fingerprint density at radius 2 is 2.05 bits per heavy atom. The zero-order valence-electron chi connectivity index (χ0n) is 13.0. The quantitative estimate of drug-likeness (QED) is 0.668. The molecule has 4 heteroatoms. The molecule has 116 valence electrons. The van der Waals surface area contributed by atoms with Crippen molar-refractivity contribution < 1.29 is 9.53 Å². The standard InChI is InChI=1S/C17H26N2O2/c1-3-21-17(20)14-8-10-19(11-9-14)13(2)12-15-6-4-5-7-16(15)18/h4-7,13-14H,3,8-12,18H2,1-2H3. The van der Waals surface area contributed by atoms with E-state index in [-0.39, 0.29) is 11.9 Å². The predicted octanol–water partition coefficient (Wildman–Crippen LogP) is 2.47. The van der Waals surface area contributed by atoms with Crippen LogP contribution in [0.4, 0.5) is 5.69 Å². The van der Waals surface area contributed by atoms with E-state index in [2.05, 4.69) is 17.9 Å². The summed E-state index contributed by atoms with van der Waals surface area (Å²) in [7, 11) is 0. The van der Waals surface area contributed by atoms with Gasteiger partial charge >= 0.3 is 5.97 Å². The second kappa shape index (κ2) is 7.46. The fourth-order valence-electron chi connectivity index (χ4n) is 3.00. The zero-order chi connectivity index (χ0) is 15.2. The fourth-order valence-corrected chi connectivity index (χ4v) is 3.00. The Morgan fingerprint density at radius 3 is 2.67 bits per heavy atom. The molecular weight excluding hydrogens is 264 g/mol. The van der Waals surface area contributed by atoms with Crippen LogP contribution in [0.1, 0.15) is 32.3 Å². The molecule has 1 aliphatic rings. The van der Waals surface area contributed by atoms with Gasteiger partial charge in [-0.05, 0) is 57.8 Å². The maximum absolute atomic E-state index is 11.8. The third-order valence-corrected chi connectivity index (χ3v) is 4.34. The number of para-hydroxylation sites is 1. The van der Waals surface area contributed by atoms with Crippen LogP contribution in [0.5, 0.6) is 0 Å². The number of ether oxygens (including phenoxy) is 1. The van der Waals surface area contributed by atoms with E-state index in [1.807, 2.05) is 25.1 Å². The first kappa shape index (κ1) is 15.8. The Balaban J connectivity index is 1.84. The number of hydrogen-bond acceptors (Lipinski definition) is 4. The first-order chi connectivity index (χ1) is 10.1. The normalized spacial score (nSPS) is 18.4. The average molecular weight is 290 g/mol. The van der Waals surface area contributed by atoms with Crippen molar-refractivity contribution in [3.05, 3.63) is 29.8 Å². The summed E-state index contributed by atoms with van der Waals surface area (Å²) in [6.45, 7) is 6.48. The van der Waals surface area contributed by atoms with Crippen LogP contribution >= 0.6 is 0 Å². The molecule has 0 bridgehead atoms. The number of nitrogens with zero attached hydrogens (tertiary/aromatic N) is 1. The molecule has 0 aliphatic carbocycles. The monoisotopic (exact) mass is 290 g/mol. The van der Waals surface area contributed by atoms with E-state index in [0.29, 0.717) is 12.6 Å². The molecule has 2 rings (SSSR count). The Kier molecular flexibility index (Phi) is 5.62. The number of rotatable bonds is 5. The van der Waals surface area contributed by atoms with E-state index < -0.39 is 0 Å². The van der Waals surface area contributed by atoms with Gasteiger partial charge in [0, 0.05) is 11.7 Å². The Hall–Kier alpha value is -1.55. The molecule has 1 saturated heterocycles. The number of carbonyl (C=O) groups excluding carboxylic acids is 1. The first-order valence-corrected chi connectivity index (χ1v) is 7.86. The van der Waals surface area contributed by atoms with E-state index in [0.717, 1.165) is 38.0 Å². The summed E-state index contributed by atoms with van der Waals surface area (Å²) < 4.78 is 5.11. The molecule has 1 unspecified atom stereocenters. The summed E-state index contributed by atoms with van der Waals surface area (Å²) in [6, 6.07) is 8.49. The van der Waals surface area contributed by atoms with Gasteiger partial charge in [-0.1, -0.05) is 18.2 Å². The van der Waals surface area contributed by atoms with Gasteiger partial charge in [0.1, 0.15) is 0 Å². The molecule has 1 heterocycles. The SMILES string of the molecule is CCOC(=O)C1CCN(C(C)Cc2ccccc2N)CC1. The number of carbonyl (C=O) groups is 1. The lowest BCUT2D eigenvalue weighted by atomic mass is 9.94. The minimum atomic E-state index is -0.0305. The first-order valence-electron chi connectivity index (χ1n) is 7.86. The van der Waals surface area contributed by atoms with Gasteiger partial charge < -0.3 is 15.4 Å². The third kappa shape index (κ3) is 4.21. The highest BCUT2D eigenvalue weighted by molar-refractivity contribution is 5.72. The van der Waals surface area contributed by atoms with Crippen LogP contribution in [-0.4, -0.2) is 36.6 Å². The molecule has 4 nitrogen and oxygen atoms in total. The summed E-state index contributed by atoms with van der Waals surface area (Å²) in [4.78, 5) is 14.2. The number of piperidine rings is 1. The highest BCUT2D eigenvalue weighted by atomic mass is 16.5. The molecular formula is C17H26N2O2. The van der Waals surface area contributed by atoms with Gasteiger partial charge in [0.2, 0.25) is 0 Å². The summed E-state index contributed by atoms with van der Waals surface area (Å²) in [5, 5.41) is 0. The second-order valence-electron chi connectivity index (χ2n) is 5.81. The lowest BCUT2D eigenvalue weighted by molar-refractivity contribution is -0.149. The summed E-state index contributed by atoms with van der Waals surface area (Å²) in [5.74, 6) is 0.0484. The number of benzene rings is 1. The lowest BCUT2D eigenvalue weighted by Crippen LogP contribution is -2.42.